The van der Waals surface area contributed by atoms with E-state index in [0.717, 1.165) is 28.3 Å². The van der Waals surface area contributed by atoms with Gasteiger partial charge in [-0.2, -0.15) is 0 Å². The minimum absolute atomic E-state index is 0.0124. The Labute approximate surface area is 288 Å². The number of nitrogens with zero attached hydrogens (tertiary/aromatic N) is 2. The van der Waals surface area contributed by atoms with Gasteiger partial charge in [0.05, 0.1) is 24.8 Å². The maximum absolute atomic E-state index is 14.7. The molecule has 0 spiro atoms. The molecular weight excluding hydrogens is 650 g/mol. The number of halogens is 1. The summed E-state index contributed by atoms with van der Waals surface area (Å²) < 4.78 is 40.8. The summed E-state index contributed by atoms with van der Waals surface area (Å²) in [7, 11) is -1.45. The van der Waals surface area contributed by atoms with Crippen molar-refractivity contribution >= 4 is 39.1 Å². The second-order valence-corrected chi connectivity index (χ2v) is 13.6. The highest BCUT2D eigenvalue weighted by Crippen LogP contribution is 2.36. The molecule has 9 nitrogen and oxygen atoms in total. The first-order valence-electron chi connectivity index (χ1n) is 15.7. The number of ether oxygens (including phenoxy) is 2. The Morgan fingerprint density at radius 1 is 0.896 bits per heavy atom. The Morgan fingerprint density at radius 2 is 1.58 bits per heavy atom. The lowest BCUT2D eigenvalue weighted by molar-refractivity contribution is -0.140. The number of anilines is 1. The van der Waals surface area contributed by atoms with Crippen LogP contribution in [0.5, 0.6) is 11.5 Å². The monoisotopic (exact) mass is 691 g/mol. The zero-order chi connectivity index (χ0) is 34.7. The molecule has 0 aliphatic carbocycles. The molecule has 1 N–H and O–H groups in total. The van der Waals surface area contributed by atoms with Gasteiger partial charge in [-0.1, -0.05) is 91.2 Å². The molecule has 254 valence electrons. The zero-order valence-electron chi connectivity index (χ0n) is 27.7. The van der Waals surface area contributed by atoms with Gasteiger partial charge in [0, 0.05) is 30.6 Å². The van der Waals surface area contributed by atoms with Gasteiger partial charge in [-0.05, 0) is 54.8 Å². The predicted octanol–water partition coefficient (Wildman–Crippen LogP) is 6.42. The number of methoxy groups -OCH3 is 2. The van der Waals surface area contributed by atoms with Gasteiger partial charge in [-0.25, -0.2) is 8.42 Å². The van der Waals surface area contributed by atoms with Gasteiger partial charge in [-0.3, -0.25) is 13.9 Å². The number of unbranched alkanes of at least 4 members (excludes halogenated alkanes) is 1. The van der Waals surface area contributed by atoms with Gasteiger partial charge >= 0.3 is 0 Å². The number of hydrogen-bond donors (Lipinski definition) is 1. The van der Waals surface area contributed by atoms with E-state index in [-0.39, 0.29) is 35.2 Å². The van der Waals surface area contributed by atoms with Crippen molar-refractivity contribution in [1.29, 1.82) is 0 Å². The third kappa shape index (κ3) is 9.08. The lowest BCUT2D eigenvalue weighted by Gasteiger charge is -2.34. The van der Waals surface area contributed by atoms with Crippen LogP contribution in [0.4, 0.5) is 5.69 Å². The number of carbonyl (C=O) groups is 2. The molecule has 0 bridgehead atoms. The van der Waals surface area contributed by atoms with E-state index in [1.807, 2.05) is 44.2 Å². The average Bonchev–Trinajstić information content (AvgIpc) is 3.09. The zero-order valence-corrected chi connectivity index (χ0v) is 29.3. The molecule has 4 rings (SSSR count). The maximum Gasteiger partial charge on any atom is 0.264 e. The highest BCUT2D eigenvalue weighted by atomic mass is 35.5. The number of amides is 2. The Kier molecular flexibility index (Phi) is 12.9. The van der Waals surface area contributed by atoms with E-state index in [9.17, 15) is 18.0 Å². The van der Waals surface area contributed by atoms with E-state index < -0.39 is 28.5 Å². The van der Waals surface area contributed by atoms with Crippen LogP contribution < -0.4 is 19.1 Å². The third-order valence-corrected chi connectivity index (χ3v) is 10.1. The van der Waals surface area contributed by atoms with Crippen LogP contribution in [-0.2, 0) is 32.6 Å². The van der Waals surface area contributed by atoms with Crippen molar-refractivity contribution in [3.8, 4) is 11.5 Å². The second kappa shape index (κ2) is 17.0. The van der Waals surface area contributed by atoms with Gasteiger partial charge in [0.1, 0.15) is 24.1 Å². The number of benzene rings is 4. The molecule has 0 heterocycles. The summed E-state index contributed by atoms with van der Waals surface area (Å²) >= 11 is 6.58. The fraction of sp³-hybridized carbons (Fsp3) is 0.297. The maximum atomic E-state index is 14.7. The molecule has 0 aliphatic rings. The van der Waals surface area contributed by atoms with Crippen LogP contribution in [0.2, 0.25) is 5.02 Å². The summed E-state index contributed by atoms with van der Waals surface area (Å²) in [6.45, 7) is 3.64. The molecule has 0 aromatic heterocycles. The number of nitrogens with one attached hydrogen (secondary N) is 1. The van der Waals surface area contributed by atoms with E-state index >= 15 is 0 Å². The van der Waals surface area contributed by atoms with Gasteiger partial charge in [-0.15, -0.1) is 0 Å². The van der Waals surface area contributed by atoms with Crippen molar-refractivity contribution in [3.05, 3.63) is 119 Å². The molecule has 0 aliphatic heterocycles. The predicted molar refractivity (Wildman–Crippen MR) is 189 cm³/mol. The molecule has 2 amide bonds. The van der Waals surface area contributed by atoms with Gasteiger partial charge in [0.25, 0.3) is 10.0 Å². The molecule has 0 radical (unpaired) electrons. The first-order valence-corrected chi connectivity index (χ1v) is 17.6. The molecule has 1 atom stereocenters. The van der Waals surface area contributed by atoms with Crippen molar-refractivity contribution in [3.63, 3.8) is 0 Å². The topological polar surface area (TPSA) is 105 Å². The minimum Gasteiger partial charge on any atom is -0.497 e. The van der Waals surface area contributed by atoms with Crippen molar-refractivity contribution < 1.29 is 27.5 Å². The molecule has 0 saturated carbocycles. The van der Waals surface area contributed by atoms with Crippen molar-refractivity contribution in [1.82, 2.24) is 10.2 Å². The quantitative estimate of drug-likeness (QED) is 0.136. The Morgan fingerprint density at radius 3 is 2.23 bits per heavy atom. The third-order valence-electron chi connectivity index (χ3n) is 7.94. The molecule has 0 unspecified atom stereocenters. The number of carbonyl (C=O) groups excluding carboxylic acids is 2. The van der Waals surface area contributed by atoms with E-state index in [0.29, 0.717) is 22.9 Å². The van der Waals surface area contributed by atoms with Crippen molar-refractivity contribution in [2.24, 2.45) is 0 Å². The first kappa shape index (κ1) is 36.3. The molecule has 4 aromatic rings. The fourth-order valence-corrected chi connectivity index (χ4v) is 6.82. The van der Waals surface area contributed by atoms with Crippen molar-refractivity contribution in [2.75, 3.05) is 31.6 Å². The van der Waals surface area contributed by atoms with Gasteiger partial charge in [0.15, 0.2) is 0 Å². The molecule has 48 heavy (non-hydrogen) atoms. The number of sulfonamides is 1. The SMILES string of the molecule is CCCCNC(=O)[C@H](Cc1ccccc1)N(Cc1ccccc1Cl)C(=O)CN(c1cc(OC)ccc1OC)S(=O)(=O)c1ccc(C)cc1. The fourth-order valence-electron chi connectivity index (χ4n) is 5.21. The summed E-state index contributed by atoms with van der Waals surface area (Å²) in [5.74, 6) is -0.371. The smallest absolute Gasteiger partial charge is 0.264 e. The first-order chi connectivity index (χ1) is 23.1. The van der Waals surface area contributed by atoms with Crippen LogP contribution >= 0.6 is 11.6 Å². The summed E-state index contributed by atoms with van der Waals surface area (Å²) in [6, 6.07) is 26.6. The molecule has 4 aromatic carbocycles. The lowest BCUT2D eigenvalue weighted by atomic mass is 10.0. The molecule has 0 fully saturated rings. The lowest BCUT2D eigenvalue weighted by Crippen LogP contribution is -2.53. The van der Waals surface area contributed by atoms with E-state index in [1.165, 1.54) is 37.3 Å². The molecule has 11 heteroatoms. The number of rotatable bonds is 16. The Bertz CT molecular complexity index is 1780. The molecule has 0 saturated heterocycles. The normalized spacial score (nSPS) is 11.8. The van der Waals surface area contributed by atoms with E-state index in [2.05, 4.69) is 5.32 Å². The highest BCUT2D eigenvalue weighted by Gasteiger charge is 2.36. The summed E-state index contributed by atoms with van der Waals surface area (Å²) in [6.07, 6.45) is 1.84. The summed E-state index contributed by atoms with van der Waals surface area (Å²) in [5, 5.41) is 3.40. The van der Waals surface area contributed by atoms with Crippen LogP contribution in [0.1, 0.15) is 36.5 Å². The minimum atomic E-state index is -4.34. The molecular formula is C37H42ClN3O6S. The number of hydrogen-bond acceptors (Lipinski definition) is 6. The van der Waals surface area contributed by atoms with Gasteiger partial charge in [0.2, 0.25) is 11.8 Å². The largest absolute Gasteiger partial charge is 0.497 e. The van der Waals surface area contributed by atoms with Crippen LogP contribution in [-0.4, -0.2) is 58.5 Å². The Hall–Kier alpha value is -4.54. The Balaban J connectivity index is 1.86. The average molecular weight is 692 g/mol. The van der Waals surface area contributed by atoms with E-state index in [1.54, 1.807) is 48.5 Å². The highest BCUT2D eigenvalue weighted by molar-refractivity contribution is 7.92. The van der Waals surface area contributed by atoms with Gasteiger partial charge < -0.3 is 19.7 Å². The second-order valence-electron chi connectivity index (χ2n) is 11.3. The van der Waals surface area contributed by atoms with Crippen LogP contribution in [0.3, 0.4) is 0 Å². The summed E-state index contributed by atoms with van der Waals surface area (Å²) in [4.78, 5) is 30.1. The van der Waals surface area contributed by atoms with Crippen LogP contribution in [0, 0.1) is 6.92 Å². The summed E-state index contributed by atoms with van der Waals surface area (Å²) in [5.41, 5.74) is 2.43. The van der Waals surface area contributed by atoms with Crippen LogP contribution in [0.15, 0.2) is 102 Å². The van der Waals surface area contributed by atoms with Crippen molar-refractivity contribution in [2.45, 2.75) is 50.6 Å². The van der Waals surface area contributed by atoms with Crippen LogP contribution in [0.25, 0.3) is 0 Å². The standard InChI is InChI=1S/C37H42ClN3O6S/c1-5-6-22-39-37(43)34(23-28-12-8-7-9-13-28)40(25-29-14-10-11-15-32(29)38)36(42)26-41(33-24-30(46-3)18-21-35(33)47-4)48(44,45)31-19-16-27(2)17-20-31/h7-21,24,34H,5-6,22-23,25-26H2,1-4H3,(H,39,43)/t34-/m0/s1. The number of aryl methyl sites for hydroxylation is 1. The van der Waals surface area contributed by atoms with E-state index in [4.69, 9.17) is 21.1 Å².